The fourth-order valence-electron chi connectivity index (χ4n) is 3.76. The quantitative estimate of drug-likeness (QED) is 0.377. The normalized spacial score (nSPS) is 23.3. The van der Waals surface area contributed by atoms with Gasteiger partial charge in [0.25, 0.3) is 14.1 Å². The van der Waals surface area contributed by atoms with E-state index < -0.39 is 31.6 Å². The van der Waals surface area contributed by atoms with Crippen LogP contribution in [0, 0.1) is 11.3 Å². The Morgan fingerprint density at radius 1 is 1.33 bits per heavy atom. The molecule has 2 heterocycles. The zero-order chi connectivity index (χ0) is 25.5. The molecule has 0 saturated carbocycles. The molecular formula is C22H38N5O5P. The van der Waals surface area contributed by atoms with Crippen molar-refractivity contribution < 1.29 is 15.2 Å². The second-order valence-electron chi connectivity index (χ2n) is 9.12. The Hall–Kier alpha value is -1.60. The summed E-state index contributed by atoms with van der Waals surface area (Å²) in [6.07, 6.45) is 0.985. The van der Waals surface area contributed by atoms with Crippen molar-refractivity contribution in [2.45, 2.75) is 84.8 Å². The predicted octanol–water partition coefficient (Wildman–Crippen LogP) is 2.83. The van der Waals surface area contributed by atoms with Crippen LogP contribution in [-0.2, 0) is 13.8 Å². The standard InChI is InChI=1S/C22H38N5O5P/c1-16(2)25-13-20(26-11-9-19(28)24-21(26)29)32-22(7,14-25)15-31-33(30-12-8-10-23)27(17(3)4)18(5)6/h9,11,16-18,20H,8,12-15H2,1-7H3,(H,24,28,29)/t20-,22+,33?/m1/s1/i7D. The number of aromatic nitrogens is 2. The molecule has 0 aromatic carbocycles. The first-order valence-electron chi connectivity index (χ1n) is 12.0. The van der Waals surface area contributed by atoms with Gasteiger partial charge in [-0.15, -0.1) is 0 Å². The van der Waals surface area contributed by atoms with Crippen molar-refractivity contribution >= 4 is 8.53 Å². The molecule has 1 unspecified atom stereocenters. The molecule has 0 aliphatic carbocycles. The zero-order valence-electron chi connectivity index (χ0n) is 21.5. The molecule has 2 rings (SSSR count). The molecule has 3 atom stereocenters. The van der Waals surface area contributed by atoms with Crippen molar-refractivity contribution in [1.29, 1.82) is 5.26 Å². The van der Waals surface area contributed by atoms with Gasteiger partial charge in [0.1, 0.15) is 5.60 Å². The van der Waals surface area contributed by atoms with Crippen LogP contribution in [0.1, 0.15) is 62.5 Å². The number of nitriles is 1. The van der Waals surface area contributed by atoms with E-state index in [0.717, 1.165) is 0 Å². The lowest BCUT2D eigenvalue weighted by Gasteiger charge is -2.46. The molecule has 1 saturated heterocycles. The average Bonchev–Trinajstić information content (AvgIpc) is 2.76. The smallest absolute Gasteiger partial charge is 0.330 e. The van der Waals surface area contributed by atoms with Crippen molar-refractivity contribution in [3.05, 3.63) is 33.1 Å². The lowest BCUT2D eigenvalue weighted by atomic mass is 10.0. The molecule has 33 heavy (non-hydrogen) atoms. The zero-order valence-corrected chi connectivity index (χ0v) is 21.4. The fraction of sp³-hybridized carbons (Fsp3) is 0.773. The maximum Gasteiger partial charge on any atom is 0.330 e. The van der Waals surface area contributed by atoms with E-state index in [-0.39, 0.29) is 44.7 Å². The van der Waals surface area contributed by atoms with Gasteiger partial charge >= 0.3 is 5.69 Å². The van der Waals surface area contributed by atoms with Gasteiger partial charge < -0.3 is 13.8 Å². The molecule has 1 aromatic heterocycles. The van der Waals surface area contributed by atoms with Gasteiger partial charge in [0.05, 0.1) is 25.7 Å². The Labute approximate surface area is 198 Å². The highest BCUT2D eigenvalue weighted by molar-refractivity contribution is 7.44. The Morgan fingerprint density at radius 3 is 2.58 bits per heavy atom. The van der Waals surface area contributed by atoms with Crippen molar-refractivity contribution in [1.82, 2.24) is 19.1 Å². The Morgan fingerprint density at radius 2 is 2.03 bits per heavy atom. The van der Waals surface area contributed by atoms with Gasteiger partial charge in [-0.2, -0.15) is 5.26 Å². The van der Waals surface area contributed by atoms with Gasteiger partial charge in [-0.05, 0) is 48.4 Å². The van der Waals surface area contributed by atoms with Crippen molar-refractivity contribution in [2.75, 3.05) is 26.3 Å². The number of hydrogen-bond donors (Lipinski definition) is 1. The SMILES string of the molecule is [2H]C[C@@]1(COP(OCCC#N)N(C(C)C)C(C)C)CN(C(C)C)C[C@H](n2ccc(=O)[nH]c2=O)O1. The van der Waals surface area contributed by atoms with Gasteiger partial charge in [0.15, 0.2) is 6.23 Å². The van der Waals surface area contributed by atoms with E-state index in [1.54, 1.807) is 0 Å². The van der Waals surface area contributed by atoms with E-state index in [1.165, 1.54) is 16.8 Å². The molecule has 0 amide bonds. The number of ether oxygens (including phenoxy) is 1. The third kappa shape index (κ3) is 7.71. The monoisotopic (exact) mass is 484 g/mol. The van der Waals surface area contributed by atoms with Crippen LogP contribution in [0.3, 0.4) is 0 Å². The number of aromatic amines is 1. The van der Waals surface area contributed by atoms with E-state index in [9.17, 15) is 9.59 Å². The number of rotatable bonds is 11. The summed E-state index contributed by atoms with van der Waals surface area (Å²) in [5.41, 5.74) is -2.05. The molecule has 1 aliphatic rings. The van der Waals surface area contributed by atoms with Crippen LogP contribution in [0.4, 0.5) is 0 Å². The summed E-state index contributed by atoms with van der Waals surface area (Å²) in [4.78, 5) is 28.4. The van der Waals surface area contributed by atoms with Crippen LogP contribution in [-0.4, -0.2) is 69.2 Å². The van der Waals surface area contributed by atoms with Gasteiger partial charge in [-0.25, -0.2) is 9.46 Å². The van der Waals surface area contributed by atoms with Gasteiger partial charge in [0.2, 0.25) is 0 Å². The minimum Gasteiger partial charge on any atom is -0.347 e. The Kier molecular flexibility index (Phi) is 9.62. The molecule has 0 bridgehead atoms. The first-order chi connectivity index (χ1) is 16.0. The molecule has 10 nitrogen and oxygen atoms in total. The van der Waals surface area contributed by atoms with Crippen molar-refractivity contribution in [3.63, 3.8) is 0 Å². The lowest BCUT2D eigenvalue weighted by molar-refractivity contribution is -0.194. The maximum atomic E-state index is 12.4. The van der Waals surface area contributed by atoms with Crippen LogP contribution < -0.4 is 11.2 Å². The van der Waals surface area contributed by atoms with E-state index in [4.69, 9.17) is 20.4 Å². The third-order valence-electron chi connectivity index (χ3n) is 5.26. The summed E-state index contributed by atoms with van der Waals surface area (Å²) >= 11 is 0. The Bertz CT molecular complexity index is 925. The molecule has 11 heteroatoms. The largest absolute Gasteiger partial charge is 0.347 e. The number of nitrogens with one attached hydrogen (secondary N) is 1. The average molecular weight is 485 g/mol. The summed E-state index contributed by atoms with van der Waals surface area (Å²) in [6, 6.07) is 3.81. The summed E-state index contributed by atoms with van der Waals surface area (Å²) in [7, 11) is -1.50. The second-order valence-corrected chi connectivity index (χ2v) is 10.6. The third-order valence-corrected chi connectivity index (χ3v) is 7.31. The number of hydrogen-bond acceptors (Lipinski definition) is 8. The molecule has 0 spiro atoms. The summed E-state index contributed by atoms with van der Waals surface area (Å²) < 4.78 is 30.5. The minimum atomic E-state index is -1.50. The highest BCUT2D eigenvalue weighted by Crippen LogP contribution is 2.47. The van der Waals surface area contributed by atoms with E-state index in [0.29, 0.717) is 13.1 Å². The maximum absolute atomic E-state index is 12.4. The molecule has 0 radical (unpaired) electrons. The predicted molar refractivity (Wildman–Crippen MR) is 128 cm³/mol. The van der Waals surface area contributed by atoms with Crippen molar-refractivity contribution in [2.24, 2.45) is 0 Å². The molecule has 1 aromatic rings. The number of morpholine rings is 1. The molecule has 1 N–H and O–H groups in total. The first-order valence-corrected chi connectivity index (χ1v) is 12.4. The van der Waals surface area contributed by atoms with Crippen LogP contribution in [0.25, 0.3) is 0 Å². The van der Waals surface area contributed by atoms with Gasteiger partial charge in [-0.1, -0.05) is 0 Å². The molecule has 1 aliphatic heterocycles. The van der Waals surface area contributed by atoms with Crippen LogP contribution in [0.5, 0.6) is 0 Å². The van der Waals surface area contributed by atoms with Gasteiger partial charge in [0, 0.05) is 44.8 Å². The van der Waals surface area contributed by atoms with E-state index in [1.807, 2.05) is 13.8 Å². The van der Waals surface area contributed by atoms with E-state index in [2.05, 4.69) is 48.3 Å². The lowest BCUT2D eigenvalue weighted by Crippen LogP contribution is -2.57. The summed E-state index contributed by atoms with van der Waals surface area (Å²) in [5.74, 6) is 0. The fourth-order valence-corrected chi connectivity index (χ4v) is 5.45. The van der Waals surface area contributed by atoms with E-state index >= 15 is 0 Å². The molecule has 186 valence electrons. The minimum absolute atomic E-state index is 0.0858. The molecule has 1 fully saturated rings. The highest BCUT2D eigenvalue weighted by atomic mass is 31.2. The van der Waals surface area contributed by atoms with Crippen LogP contribution in [0.15, 0.2) is 21.9 Å². The summed E-state index contributed by atoms with van der Waals surface area (Å²) in [6.45, 7) is 13.5. The van der Waals surface area contributed by atoms with Crippen LogP contribution >= 0.6 is 8.53 Å². The van der Waals surface area contributed by atoms with Crippen LogP contribution in [0.2, 0.25) is 0 Å². The number of nitrogens with zero attached hydrogens (tertiary/aromatic N) is 4. The van der Waals surface area contributed by atoms with Gasteiger partial charge in [-0.3, -0.25) is 19.2 Å². The number of H-pyrrole nitrogens is 1. The molecular weight excluding hydrogens is 445 g/mol. The first kappa shape index (κ1) is 26.0. The van der Waals surface area contributed by atoms with Crippen molar-refractivity contribution in [3.8, 4) is 6.07 Å². The second kappa shape index (κ2) is 12.2. The summed E-state index contributed by atoms with van der Waals surface area (Å²) in [5, 5.41) is 8.93. The highest BCUT2D eigenvalue weighted by Gasteiger charge is 2.41. The topological polar surface area (TPSA) is 113 Å². The Balaban J connectivity index is 2.32.